The molecule has 1 unspecified atom stereocenters. The van der Waals surface area contributed by atoms with Gasteiger partial charge in [-0.15, -0.1) is 0 Å². The zero-order chi connectivity index (χ0) is 15.3. The van der Waals surface area contributed by atoms with Gasteiger partial charge in [-0.2, -0.15) is 0 Å². The summed E-state index contributed by atoms with van der Waals surface area (Å²) in [6.45, 7) is 4.99. The minimum atomic E-state index is -3.53. The van der Waals surface area contributed by atoms with Gasteiger partial charge in [-0.05, 0) is 38.5 Å². The fourth-order valence-corrected chi connectivity index (χ4v) is 2.17. The Morgan fingerprint density at radius 3 is 2.55 bits per heavy atom. The molecule has 0 aromatic heterocycles. The molecule has 0 fully saturated rings. The van der Waals surface area contributed by atoms with Crippen molar-refractivity contribution in [3.63, 3.8) is 0 Å². The molecule has 0 heterocycles. The van der Waals surface area contributed by atoms with Crippen LogP contribution in [0.1, 0.15) is 32.3 Å². The lowest BCUT2D eigenvalue weighted by atomic mass is 10.0. The average Bonchev–Trinajstić information content (AvgIpc) is 2.40. The molecule has 0 saturated heterocycles. The Balaban J connectivity index is 2.96. The molecule has 1 atom stereocenters. The molecule has 112 valence electrons. The Morgan fingerprint density at radius 1 is 1.40 bits per heavy atom. The first-order valence-corrected chi connectivity index (χ1v) is 7.92. The molecule has 0 amide bonds. The lowest BCUT2D eigenvalue weighted by molar-refractivity contribution is -0.144. The van der Waals surface area contributed by atoms with E-state index in [-0.39, 0.29) is 18.0 Å². The Hall–Kier alpha value is -1.63. The van der Waals surface area contributed by atoms with Crippen molar-refractivity contribution in [2.24, 2.45) is 0 Å². The van der Waals surface area contributed by atoms with Gasteiger partial charge in [0.05, 0.1) is 24.0 Å². The number of hydrogen-bond acceptors (Lipinski definition) is 4. The summed E-state index contributed by atoms with van der Waals surface area (Å²) in [6, 6.07) is 3.93. The van der Waals surface area contributed by atoms with Gasteiger partial charge < -0.3 is 4.74 Å². The monoisotopic (exact) mass is 303 g/mol. The Labute approximate surface area is 118 Å². The van der Waals surface area contributed by atoms with Crippen LogP contribution in [0.25, 0.3) is 0 Å². The second kappa shape index (κ2) is 6.69. The van der Waals surface area contributed by atoms with Crippen LogP contribution in [0.15, 0.2) is 18.2 Å². The predicted octanol–water partition coefficient (Wildman–Crippen LogP) is 2.25. The van der Waals surface area contributed by atoms with E-state index in [9.17, 15) is 17.6 Å². The fourth-order valence-electron chi connectivity index (χ4n) is 1.53. The van der Waals surface area contributed by atoms with E-state index in [4.69, 9.17) is 4.74 Å². The summed E-state index contributed by atoms with van der Waals surface area (Å²) in [5.74, 6) is -1.93. The molecule has 0 aliphatic heterocycles. The first-order valence-electron chi connectivity index (χ1n) is 6.27. The lowest BCUT2D eigenvalue weighted by Crippen LogP contribution is -2.16. The van der Waals surface area contributed by atoms with Gasteiger partial charge in [0.2, 0.25) is 10.0 Å². The quantitative estimate of drug-likeness (QED) is 0.818. The van der Waals surface area contributed by atoms with Crippen LogP contribution in [-0.4, -0.2) is 26.7 Å². The molecule has 1 N–H and O–H groups in total. The maximum Gasteiger partial charge on any atom is 0.313 e. The minimum Gasteiger partial charge on any atom is -0.466 e. The third kappa shape index (κ3) is 4.19. The largest absolute Gasteiger partial charge is 0.466 e. The van der Waals surface area contributed by atoms with Crippen LogP contribution in [0.5, 0.6) is 0 Å². The number of anilines is 1. The molecule has 1 aromatic rings. The Morgan fingerprint density at radius 2 is 2.05 bits per heavy atom. The van der Waals surface area contributed by atoms with Crippen molar-refractivity contribution in [3.05, 3.63) is 29.6 Å². The molecular formula is C13H18FNO4S. The fraction of sp³-hybridized carbons (Fsp3) is 0.462. The highest BCUT2D eigenvalue weighted by Gasteiger charge is 2.18. The molecule has 0 aliphatic rings. The van der Waals surface area contributed by atoms with E-state index in [0.717, 1.165) is 6.07 Å². The van der Waals surface area contributed by atoms with Crippen LogP contribution in [0.4, 0.5) is 10.1 Å². The van der Waals surface area contributed by atoms with Crippen LogP contribution in [0.3, 0.4) is 0 Å². The normalized spacial score (nSPS) is 12.8. The van der Waals surface area contributed by atoms with E-state index in [1.807, 2.05) is 0 Å². The summed E-state index contributed by atoms with van der Waals surface area (Å²) in [4.78, 5) is 11.6. The van der Waals surface area contributed by atoms with Crippen LogP contribution < -0.4 is 4.72 Å². The van der Waals surface area contributed by atoms with Gasteiger partial charge in [-0.3, -0.25) is 9.52 Å². The highest BCUT2D eigenvalue weighted by atomic mass is 32.2. The number of halogens is 1. The van der Waals surface area contributed by atoms with Crippen LogP contribution in [0, 0.1) is 5.82 Å². The molecule has 20 heavy (non-hydrogen) atoms. The van der Waals surface area contributed by atoms with Crippen LogP contribution in [0.2, 0.25) is 0 Å². The van der Waals surface area contributed by atoms with E-state index in [0.29, 0.717) is 5.56 Å². The number of benzene rings is 1. The van der Waals surface area contributed by atoms with Crippen molar-refractivity contribution >= 4 is 21.7 Å². The summed E-state index contributed by atoms with van der Waals surface area (Å²) in [5, 5.41) is 0. The van der Waals surface area contributed by atoms with Gasteiger partial charge >= 0.3 is 5.97 Å². The van der Waals surface area contributed by atoms with E-state index in [2.05, 4.69) is 4.72 Å². The standard InChI is InChI=1S/C13H18FNO4S/c1-4-19-13(16)9(3)10-6-7-12(11(14)8-10)15-20(17,18)5-2/h6-9,15H,4-5H2,1-3H3. The average molecular weight is 303 g/mol. The Bertz CT molecular complexity index is 586. The summed E-state index contributed by atoms with van der Waals surface area (Å²) in [7, 11) is -3.53. The number of sulfonamides is 1. The van der Waals surface area contributed by atoms with E-state index < -0.39 is 27.7 Å². The van der Waals surface area contributed by atoms with Crippen molar-refractivity contribution in [1.29, 1.82) is 0 Å². The second-order valence-corrected chi connectivity index (χ2v) is 6.23. The summed E-state index contributed by atoms with van der Waals surface area (Å²) in [5.41, 5.74) is 0.298. The third-order valence-electron chi connectivity index (χ3n) is 2.78. The van der Waals surface area contributed by atoms with Crippen molar-refractivity contribution < 1.29 is 22.3 Å². The van der Waals surface area contributed by atoms with E-state index in [1.54, 1.807) is 13.8 Å². The van der Waals surface area contributed by atoms with Gasteiger partial charge in [-0.25, -0.2) is 12.8 Å². The minimum absolute atomic E-state index is 0.133. The molecule has 7 heteroatoms. The molecular weight excluding hydrogens is 285 g/mol. The molecule has 0 spiro atoms. The first-order chi connectivity index (χ1) is 9.30. The van der Waals surface area contributed by atoms with Gasteiger partial charge in [0, 0.05) is 0 Å². The molecule has 0 aliphatic carbocycles. The van der Waals surface area contributed by atoms with Crippen molar-refractivity contribution in [2.75, 3.05) is 17.1 Å². The number of esters is 1. The zero-order valence-corrected chi connectivity index (χ0v) is 12.5. The highest BCUT2D eigenvalue weighted by Crippen LogP contribution is 2.23. The maximum absolute atomic E-state index is 13.8. The van der Waals surface area contributed by atoms with Gasteiger partial charge in [0.1, 0.15) is 5.82 Å². The predicted molar refractivity (Wildman–Crippen MR) is 74.5 cm³/mol. The highest BCUT2D eigenvalue weighted by molar-refractivity contribution is 7.92. The van der Waals surface area contributed by atoms with E-state index in [1.165, 1.54) is 19.1 Å². The first kappa shape index (κ1) is 16.4. The third-order valence-corrected chi connectivity index (χ3v) is 4.07. The number of carbonyl (C=O) groups excluding carboxylic acids is 1. The van der Waals surface area contributed by atoms with Gasteiger partial charge in [-0.1, -0.05) is 6.07 Å². The molecule has 5 nitrogen and oxygen atoms in total. The maximum atomic E-state index is 13.8. The number of carbonyl (C=O) groups is 1. The van der Waals surface area contributed by atoms with Crippen molar-refractivity contribution in [2.45, 2.75) is 26.7 Å². The molecule has 1 rings (SSSR count). The summed E-state index contributed by atoms with van der Waals surface area (Å²) >= 11 is 0. The van der Waals surface area contributed by atoms with Gasteiger partial charge in [0.25, 0.3) is 0 Å². The number of rotatable bonds is 6. The number of ether oxygens (including phenoxy) is 1. The van der Waals surface area contributed by atoms with Crippen molar-refractivity contribution in [3.8, 4) is 0 Å². The number of nitrogens with one attached hydrogen (secondary N) is 1. The van der Waals surface area contributed by atoms with Crippen LogP contribution in [-0.2, 0) is 19.6 Å². The summed E-state index contributed by atoms with van der Waals surface area (Å²) < 4.78 is 43.6. The SMILES string of the molecule is CCOC(=O)C(C)c1ccc(NS(=O)(=O)CC)c(F)c1. The second-order valence-electron chi connectivity index (χ2n) is 4.22. The molecule has 0 radical (unpaired) electrons. The summed E-state index contributed by atoms with van der Waals surface area (Å²) in [6.07, 6.45) is 0. The molecule has 0 bridgehead atoms. The number of hydrogen-bond donors (Lipinski definition) is 1. The van der Waals surface area contributed by atoms with Crippen LogP contribution >= 0.6 is 0 Å². The Kier molecular flexibility index (Phi) is 5.50. The lowest BCUT2D eigenvalue weighted by Gasteiger charge is -2.13. The van der Waals surface area contributed by atoms with Crippen molar-refractivity contribution in [1.82, 2.24) is 0 Å². The van der Waals surface area contributed by atoms with Gasteiger partial charge in [0.15, 0.2) is 0 Å². The molecule has 1 aromatic carbocycles. The smallest absolute Gasteiger partial charge is 0.313 e. The van der Waals surface area contributed by atoms with E-state index >= 15 is 0 Å². The zero-order valence-electron chi connectivity index (χ0n) is 11.6. The molecule has 0 saturated carbocycles. The topological polar surface area (TPSA) is 72.5 Å².